The Balaban J connectivity index is 1.74. The molecule has 0 bridgehead atoms. The van der Waals surface area contributed by atoms with Crippen LogP contribution in [-0.4, -0.2) is 38.8 Å². The lowest BCUT2D eigenvalue weighted by Crippen LogP contribution is -2.18. The fourth-order valence-electron chi connectivity index (χ4n) is 2.80. The fourth-order valence-corrected chi connectivity index (χ4v) is 4.23. The molecule has 7 heteroatoms. The number of hydrogen-bond acceptors (Lipinski definition) is 6. The second-order valence-corrected chi connectivity index (χ2v) is 8.14. The monoisotopic (exact) mass is 374 g/mol. The first kappa shape index (κ1) is 18.5. The Hall–Kier alpha value is -2.25. The zero-order chi connectivity index (χ0) is 18.6. The van der Waals surface area contributed by atoms with E-state index in [0.717, 1.165) is 23.2 Å². The summed E-state index contributed by atoms with van der Waals surface area (Å²) in [6.07, 6.45) is 2.68. The second kappa shape index (κ2) is 7.97. The van der Waals surface area contributed by atoms with Gasteiger partial charge < -0.3 is 9.47 Å². The number of ether oxygens (including phenoxy) is 2. The van der Waals surface area contributed by atoms with Gasteiger partial charge in [0.25, 0.3) is 0 Å². The Morgan fingerprint density at radius 3 is 2.73 bits per heavy atom. The van der Waals surface area contributed by atoms with Crippen molar-refractivity contribution in [2.75, 3.05) is 20.3 Å². The summed E-state index contributed by atoms with van der Waals surface area (Å²) in [5.74, 6) is 0.471. The highest BCUT2D eigenvalue weighted by Gasteiger charge is 2.27. The summed E-state index contributed by atoms with van der Waals surface area (Å²) in [6, 6.07) is 9.23. The topological polar surface area (TPSA) is 77.9 Å². The van der Waals surface area contributed by atoms with Crippen molar-refractivity contribution in [3.63, 3.8) is 0 Å². The smallest absolute Gasteiger partial charge is 0.197 e. The lowest BCUT2D eigenvalue weighted by molar-refractivity contribution is 0.172. The molecule has 1 aromatic heterocycles. The van der Waals surface area contributed by atoms with E-state index < -0.39 is 9.84 Å². The summed E-state index contributed by atoms with van der Waals surface area (Å²) >= 11 is 0. The number of nitrogens with zero attached hydrogens (tertiary/aromatic N) is 2. The first-order chi connectivity index (χ1) is 12.5. The summed E-state index contributed by atoms with van der Waals surface area (Å²) in [7, 11) is -1.89. The average Bonchev–Trinajstić information content (AvgIpc) is 3.07. The number of fused-ring (bicyclic) bond motifs is 1. The minimum absolute atomic E-state index is 0.180. The number of hydrogen-bond donors (Lipinski definition) is 0. The molecular formula is C19H22N2O4S. The molecule has 0 unspecified atom stereocenters. The van der Waals surface area contributed by atoms with Crippen LogP contribution in [0.4, 0.5) is 5.69 Å². The van der Waals surface area contributed by atoms with Crippen molar-refractivity contribution in [1.29, 1.82) is 0 Å². The van der Waals surface area contributed by atoms with Gasteiger partial charge in [0, 0.05) is 38.3 Å². The van der Waals surface area contributed by atoms with Gasteiger partial charge in [-0.05, 0) is 24.6 Å². The molecule has 0 saturated heterocycles. The van der Waals surface area contributed by atoms with Crippen LogP contribution in [0.1, 0.15) is 23.2 Å². The number of aromatic nitrogens is 1. The van der Waals surface area contributed by atoms with Gasteiger partial charge in [0.1, 0.15) is 10.8 Å². The predicted octanol–water partition coefficient (Wildman–Crippen LogP) is 3.01. The number of rotatable bonds is 7. The Morgan fingerprint density at radius 1 is 1.15 bits per heavy atom. The quantitative estimate of drug-likeness (QED) is 0.696. The van der Waals surface area contributed by atoms with Crippen LogP contribution in [-0.2, 0) is 26.7 Å². The van der Waals surface area contributed by atoms with E-state index >= 15 is 0 Å². The van der Waals surface area contributed by atoms with E-state index in [2.05, 4.69) is 9.98 Å². The molecule has 1 aliphatic heterocycles. The van der Waals surface area contributed by atoms with Crippen molar-refractivity contribution in [1.82, 2.24) is 4.98 Å². The van der Waals surface area contributed by atoms with Crippen LogP contribution >= 0.6 is 0 Å². The first-order valence-corrected chi connectivity index (χ1v) is 10.1. The highest BCUT2D eigenvalue weighted by atomic mass is 32.2. The molecule has 2 heterocycles. The van der Waals surface area contributed by atoms with Gasteiger partial charge >= 0.3 is 0 Å². The minimum Gasteiger partial charge on any atom is -0.493 e. The molecule has 0 spiro atoms. The SMILES string of the molecule is COCCCOc1ccnc(CS(=O)(=O)C2=Nc3ccccc3C2)c1C. The van der Waals surface area contributed by atoms with Gasteiger partial charge in [-0.15, -0.1) is 0 Å². The van der Waals surface area contributed by atoms with E-state index in [4.69, 9.17) is 9.47 Å². The number of sulfone groups is 1. The molecule has 26 heavy (non-hydrogen) atoms. The largest absolute Gasteiger partial charge is 0.493 e. The van der Waals surface area contributed by atoms with Crippen molar-refractivity contribution in [2.45, 2.75) is 25.5 Å². The van der Waals surface area contributed by atoms with Crippen molar-refractivity contribution in [3.8, 4) is 5.75 Å². The van der Waals surface area contributed by atoms with E-state index in [9.17, 15) is 8.42 Å². The Bertz CT molecular complexity index is 923. The van der Waals surface area contributed by atoms with Crippen LogP contribution in [0.3, 0.4) is 0 Å². The zero-order valence-corrected chi connectivity index (χ0v) is 15.8. The summed E-state index contributed by atoms with van der Waals surface area (Å²) in [6.45, 7) is 2.95. The number of benzene rings is 1. The summed E-state index contributed by atoms with van der Waals surface area (Å²) in [5, 5.41) is 0.200. The lowest BCUT2D eigenvalue weighted by Gasteiger charge is -2.12. The van der Waals surface area contributed by atoms with Crippen LogP contribution < -0.4 is 4.74 Å². The molecular weight excluding hydrogens is 352 g/mol. The van der Waals surface area contributed by atoms with Crippen LogP contribution in [0.2, 0.25) is 0 Å². The van der Waals surface area contributed by atoms with Gasteiger partial charge in [0.2, 0.25) is 0 Å². The molecule has 2 aromatic rings. The third kappa shape index (κ3) is 4.11. The number of para-hydroxylation sites is 1. The molecule has 0 saturated carbocycles. The Kier molecular flexibility index (Phi) is 5.68. The molecule has 0 N–H and O–H groups in total. The van der Waals surface area contributed by atoms with E-state index in [1.54, 1.807) is 19.4 Å². The van der Waals surface area contributed by atoms with Crippen molar-refractivity contribution in [2.24, 2.45) is 4.99 Å². The van der Waals surface area contributed by atoms with Gasteiger partial charge in [0.15, 0.2) is 9.84 Å². The second-order valence-electron chi connectivity index (χ2n) is 6.15. The van der Waals surface area contributed by atoms with E-state index in [1.165, 1.54) is 0 Å². The molecule has 0 aliphatic carbocycles. The zero-order valence-electron chi connectivity index (χ0n) is 14.9. The van der Waals surface area contributed by atoms with Crippen molar-refractivity contribution >= 4 is 20.6 Å². The predicted molar refractivity (Wildman–Crippen MR) is 101 cm³/mol. The van der Waals surface area contributed by atoms with Crippen molar-refractivity contribution < 1.29 is 17.9 Å². The fraction of sp³-hybridized carbons (Fsp3) is 0.368. The highest BCUT2D eigenvalue weighted by Crippen LogP contribution is 2.29. The van der Waals surface area contributed by atoms with Gasteiger partial charge in [-0.2, -0.15) is 0 Å². The minimum atomic E-state index is -3.54. The number of aliphatic imine (C=N–C) groups is 1. The average molecular weight is 374 g/mol. The van der Waals surface area contributed by atoms with Gasteiger partial charge in [-0.3, -0.25) is 4.98 Å². The summed E-state index contributed by atoms with van der Waals surface area (Å²) in [4.78, 5) is 8.55. The standard InChI is InChI=1S/C19H22N2O4S/c1-14-17(20-9-8-18(14)25-11-5-10-24-2)13-26(22,23)19-12-15-6-3-4-7-16(15)21-19/h3-4,6-9H,5,10-13H2,1-2H3. The van der Waals surface area contributed by atoms with Crippen LogP contribution in [0, 0.1) is 6.92 Å². The van der Waals surface area contributed by atoms with Gasteiger partial charge in [-0.1, -0.05) is 18.2 Å². The first-order valence-electron chi connectivity index (χ1n) is 8.45. The van der Waals surface area contributed by atoms with E-state index in [-0.39, 0.29) is 10.8 Å². The highest BCUT2D eigenvalue weighted by molar-refractivity contribution is 8.05. The van der Waals surface area contributed by atoms with Gasteiger partial charge in [0.05, 0.1) is 23.7 Å². The molecule has 138 valence electrons. The molecule has 6 nitrogen and oxygen atoms in total. The molecule has 0 amide bonds. The van der Waals surface area contributed by atoms with Crippen molar-refractivity contribution in [3.05, 3.63) is 53.3 Å². The summed E-state index contributed by atoms with van der Waals surface area (Å²) < 4.78 is 36.3. The normalized spacial score (nSPS) is 13.4. The van der Waals surface area contributed by atoms with Gasteiger partial charge in [-0.25, -0.2) is 13.4 Å². The molecule has 0 atom stereocenters. The maximum Gasteiger partial charge on any atom is 0.197 e. The molecule has 3 rings (SSSR count). The third-order valence-corrected chi connectivity index (χ3v) is 5.88. The van der Waals surface area contributed by atoms with E-state index in [1.807, 2.05) is 31.2 Å². The van der Waals surface area contributed by atoms with Crippen LogP contribution in [0.25, 0.3) is 0 Å². The summed E-state index contributed by atoms with van der Waals surface area (Å²) in [5.41, 5.74) is 2.90. The maximum atomic E-state index is 12.8. The molecule has 1 aromatic carbocycles. The number of methoxy groups -OCH3 is 1. The maximum absolute atomic E-state index is 12.8. The van der Waals surface area contributed by atoms with Crippen LogP contribution in [0.15, 0.2) is 41.5 Å². The number of pyridine rings is 1. The Labute approximate surface area is 153 Å². The Morgan fingerprint density at radius 2 is 1.96 bits per heavy atom. The third-order valence-electron chi connectivity index (χ3n) is 4.27. The van der Waals surface area contributed by atoms with Crippen LogP contribution in [0.5, 0.6) is 5.75 Å². The molecule has 0 fully saturated rings. The van der Waals surface area contributed by atoms with E-state index in [0.29, 0.717) is 31.1 Å². The molecule has 1 aliphatic rings. The molecule has 0 radical (unpaired) electrons. The lowest BCUT2D eigenvalue weighted by atomic mass is 10.2.